The van der Waals surface area contributed by atoms with Crippen molar-refractivity contribution in [2.45, 2.75) is 58.4 Å². The van der Waals surface area contributed by atoms with Crippen LogP contribution in [0.15, 0.2) is 0 Å². The maximum atomic E-state index is 3.71. The van der Waals surface area contributed by atoms with Crippen LogP contribution in [0.3, 0.4) is 0 Å². The Hall–Kier alpha value is -0.0400. The largest absolute Gasteiger partial charge is 0.311 e. The Morgan fingerprint density at radius 1 is 1.42 bits per heavy atom. The van der Waals surface area contributed by atoms with Gasteiger partial charge in [0.05, 0.1) is 0 Å². The molecule has 1 rings (SSSR count). The minimum atomic E-state index is 0.463. The zero-order valence-electron chi connectivity index (χ0n) is 8.82. The first-order valence-corrected chi connectivity index (χ1v) is 5.48. The monoisotopic (exact) mass is 169 g/mol. The van der Waals surface area contributed by atoms with Crippen LogP contribution < -0.4 is 5.32 Å². The third-order valence-corrected chi connectivity index (χ3v) is 3.42. The van der Waals surface area contributed by atoms with Crippen molar-refractivity contribution in [3.63, 3.8) is 0 Å². The highest BCUT2D eigenvalue weighted by Gasteiger charge is 2.36. The molecule has 0 aromatic rings. The molecule has 0 radical (unpaired) electrons. The van der Waals surface area contributed by atoms with Gasteiger partial charge in [0.15, 0.2) is 0 Å². The van der Waals surface area contributed by atoms with Gasteiger partial charge in [-0.1, -0.05) is 26.7 Å². The van der Waals surface area contributed by atoms with Gasteiger partial charge in [0.25, 0.3) is 0 Å². The van der Waals surface area contributed by atoms with Crippen LogP contribution in [-0.4, -0.2) is 12.1 Å². The van der Waals surface area contributed by atoms with E-state index in [4.69, 9.17) is 0 Å². The highest BCUT2D eigenvalue weighted by Crippen LogP contribution is 2.37. The average molecular weight is 169 g/mol. The lowest BCUT2D eigenvalue weighted by Gasteiger charge is -2.32. The zero-order chi connectivity index (χ0) is 9.03. The molecular formula is C11H23N. The molecular weight excluding hydrogens is 146 g/mol. The van der Waals surface area contributed by atoms with Gasteiger partial charge in [-0.3, -0.25) is 0 Å². The molecule has 0 aromatic carbocycles. The van der Waals surface area contributed by atoms with Gasteiger partial charge >= 0.3 is 0 Å². The van der Waals surface area contributed by atoms with Crippen molar-refractivity contribution in [1.29, 1.82) is 0 Å². The molecule has 0 bridgehead atoms. The van der Waals surface area contributed by atoms with Crippen LogP contribution in [0.5, 0.6) is 0 Å². The third-order valence-electron chi connectivity index (χ3n) is 3.42. The molecule has 1 N–H and O–H groups in total. The van der Waals surface area contributed by atoms with Crippen molar-refractivity contribution in [3.8, 4) is 0 Å². The Kier molecular flexibility index (Phi) is 3.57. The summed E-state index contributed by atoms with van der Waals surface area (Å²) >= 11 is 0. The van der Waals surface area contributed by atoms with E-state index < -0.39 is 0 Å². The van der Waals surface area contributed by atoms with Gasteiger partial charge in [0.2, 0.25) is 0 Å². The first-order chi connectivity index (χ1) is 5.73. The van der Waals surface area contributed by atoms with Crippen molar-refractivity contribution in [1.82, 2.24) is 5.32 Å². The van der Waals surface area contributed by atoms with Crippen molar-refractivity contribution in [2.24, 2.45) is 5.92 Å². The molecule has 1 saturated carbocycles. The molecule has 1 nitrogen and oxygen atoms in total. The van der Waals surface area contributed by atoms with Gasteiger partial charge in [0, 0.05) is 5.54 Å². The molecule has 12 heavy (non-hydrogen) atoms. The van der Waals surface area contributed by atoms with Gasteiger partial charge in [-0.15, -0.1) is 0 Å². The number of hydrogen-bond acceptors (Lipinski definition) is 1. The van der Waals surface area contributed by atoms with Crippen LogP contribution >= 0.6 is 0 Å². The minimum absolute atomic E-state index is 0.463. The van der Waals surface area contributed by atoms with Crippen LogP contribution in [0.25, 0.3) is 0 Å². The summed E-state index contributed by atoms with van der Waals surface area (Å²) in [6, 6.07) is 0. The summed E-state index contributed by atoms with van der Waals surface area (Å²) in [5.74, 6) is 0.920. The normalized spacial score (nSPS) is 35.8. The summed E-state index contributed by atoms with van der Waals surface area (Å²) in [5, 5.41) is 3.71. The van der Waals surface area contributed by atoms with Crippen LogP contribution in [0.2, 0.25) is 0 Å². The van der Waals surface area contributed by atoms with E-state index in [1.807, 2.05) is 0 Å². The van der Waals surface area contributed by atoms with Crippen molar-refractivity contribution in [3.05, 3.63) is 0 Å². The molecule has 0 heterocycles. The van der Waals surface area contributed by atoms with Crippen LogP contribution in [0.4, 0.5) is 0 Å². The molecule has 0 spiro atoms. The lowest BCUT2D eigenvalue weighted by atomic mass is 9.87. The van der Waals surface area contributed by atoms with Gasteiger partial charge in [-0.05, 0) is 38.6 Å². The Morgan fingerprint density at radius 2 is 2.17 bits per heavy atom. The molecule has 2 unspecified atom stereocenters. The summed E-state index contributed by atoms with van der Waals surface area (Å²) in [4.78, 5) is 0. The number of nitrogens with one attached hydrogen (secondary N) is 1. The second kappa shape index (κ2) is 4.27. The maximum absolute atomic E-state index is 3.71. The Morgan fingerprint density at radius 3 is 2.75 bits per heavy atom. The number of rotatable bonds is 4. The van der Waals surface area contributed by atoms with Gasteiger partial charge in [-0.25, -0.2) is 0 Å². The molecule has 2 atom stereocenters. The Balaban J connectivity index is 2.43. The highest BCUT2D eigenvalue weighted by atomic mass is 15.0. The summed E-state index contributed by atoms with van der Waals surface area (Å²) in [6.07, 6.45) is 6.83. The predicted octanol–water partition coefficient (Wildman–Crippen LogP) is 2.95. The highest BCUT2D eigenvalue weighted by molar-refractivity contribution is 4.94. The fraction of sp³-hybridized carbons (Fsp3) is 1.00. The van der Waals surface area contributed by atoms with E-state index in [0.717, 1.165) is 5.92 Å². The molecule has 0 aliphatic heterocycles. The summed E-state index contributed by atoms with van der Waals surface area (Å²) < 4.78 is 0. The van der Waals surface area contributed by atoms with E-state index in [1.54, 1.807) is 0 Å². The zero-order valence-corrected chi connectivity index (χ0v) is 8.82. The molecule has 72 valence electrons. The van der Waals surface area contributed by atoms with Gasteiger partial charge in [0.1, 0.15) is 0 Å². The smallest absolute Gasteiger partial charge is 0.0181 e. The van der Waals surface area contributed by atoms with Crippen molar-refractivity contribution in [2.75, 3.05) is 6.54 Å². The molecule has 1 heteroatoms. The second-order valence-electron chi connectivity index (χ2n) is 4.34. The quantitative estimate of drug-likeness (QED) is 0.682. The fourth-order valence-electron chi connectivity index (χ4n) is 2.54. The van der Waals surface area contributed by atoms with E-state index >= 15 is 0 Å². The maximum Gasteiger partial charge on any atom is 0.0181 e. The van der Waals surface area contributed by atoms with Crippen molar-refractivity contribution >= 4 is 0 Å². The van der Waals surface area contributed by atoms with Gasteiger partial charge in [-0.2, -0.15) is 0 Å². The fourth-order valence-corrected chi connectivity index (χ4v) is 2.54. The van der Waals surface area contributed by atoms with E-state index in [9.17, 15) is 0 Å². The van der Waals surface area contributed by atoms with E-state index in [2.05, 4.69) is 26.1 Å². The summed E-state index contributed by atoms with van der Waals surface area (Å²) in [5.41, 5.74) is 0.463. The van der Waals surface area contributed by atoms with Crippen LogP contribution in [0, 0.1) is 5.92 Å². The van der Waals surface area contributed by atoms with E-state index in [1.165, 1.54) is 38.6 Å². The van der Waals surface area contributed by atoms with Crippen molar-refractivity contribution < 1.29 is 0 Å². The molecule has 1 aliphatic rings. The first-order valence-electron chi connectivity index (χ1n) is 5.48. The Bertz CT molecular complexity index is 133. The standard InChI is InChI=1S/C11H23N/c1-4-9-12-11(3)8-6-7-10(11)5-2/h10,12H,4-9H2,1-3H3. The third kappa shape index (κ3) is 2.01. The van der Waals surface area contributed by atoms with Crippen LogP contribution in [-0.2, 0) is 0 Å². The molecule has 0 aromatic heterocycles. The molecule has 1 aliphatic carbocycles. The lowest BCUT2D eigenvalue weighted by molar-refractivity contribution is 0.263. The Labute approximate surface area is 76.9 Å². The lowest BCUT2D eigenvalue weighted by Crippen LogP contribution is -2.45. The van der Waals surface area contributed by atoms with Gasteiger partial charge < -0.3 is 5.32 Å². The second-order valence-corrected chi connectivity index (χ2v) is 4.34. The van der Waals surface area contributed by atoms with E-state index in [0.29, 0.717) is 5.54 Å². The SMILES string of the molecule is CCCNC1(C)CCCC1CC. The van der Waals surface area contributed by atoms with E-state index in [-0.39, 0.29) is 0 Å². The van der Waals surface area contributed by atoms with Crippen LogP contribution in [0.1, 0.15) is 52.9 Å². The topological polar surface area (TPSA) is 12.0 Å². The molecule has 0 saturated heterocycles. The summed E-state index contributed by atoms with van der Waals surface area (Å²) in [6.45, 7) is 8.16. The summed E-state index contributed by atoms with van der Waals surface area (Å²) in [7, 11) is 0. The molecule has 0 amide bonds. The number of hydrogen-bond donors (Lipinski definition) is 1. The average Bonchev–Trinajstić information content (AvgIpc) is 2.44. The molecule has 1 fully saturated rings. The first kappa shape index (κ1) is 10.0. The minimum Gasteiger partial charge on any atom is -0.311 e. The predicted molar refractivity (Wildman–Crippen MR) is 54.3 cm³/mol.